The normalized spacial score (nSPS) is 22.4. The first-order valence-corrected chi connectivity index (χ1v) is 9.03. The van der Waals surface area contributed by atoms with Gasteiger partial charge in [-0.2, -0.15) is 0 Å². The molecule has 0 spiro atoms. The molecule has 1 N–H and O–H groups in total. The molecule has 1 saturated carbocycles. The molecule has 112 valence electrons. The van der Waals surface area contributed by atoms with Gasteiger partial charge in [-0.3, -0.25) is 0 Å². The molecule has 0 radical (unpaired) electrons. The Balaban J connectivity index is 1.48. The van der Waals surface area contributed by atoms with Crippen LogP contribution in [0.15, 0.2) is 50.0 Å². The third-order valence-corrected chi connectivity index (χ3v) is 5.97. The fraction of sp³-hybridized carbons (Fsp3) is 0.412. The van der Waals surface area contributed by atoms with Crippen molar-refractivity contribution in [1.82, 2.24) is 5.32 Å². The van der Waals surface area contributed by atoms with E-state index in [1.165, 1.54) is 31.2 Å². The van der Waals surface area contributed by atoms with E-state index in [9.17, 15) is 0 Å². The third-order valence-electron chi connectivity index (χ3n) is 4.26. The first-order chi connectivity index (χ1) is 10.2. The lowest BCUT2D eigenvalue weighted by atomic mass is 9.82. The maximum absolute atomic E-state index is 5.60. The van der Waals surface area contributed by atoms with E-state index >= 15 is 0 Å². The Morgan fingerprint density at radius 3 is 2.38 bits per heavy atom. The van der Waals surface area contributed by atoms with Crippen LogP contribution >= 0.6 is 31.9 Å². The Morgan fingerprint density at radius 2 is 1.76 bits per heavy atom. The summed E-state index contributed by atoms with van der Waals surface area (Å²) in [5, 5.41) is 3.62. The van der Waals surface area contributed by atoms with E-state index in [0.29, 0.717) is 6.04 Å². The quantitative estimate of drug-likeness (QED) is 0.704. The van der Waals surface area contributed by atoms with Crippen molar-refractivity contribution in [2.75, 3.05) is 0 Å². The van der Waals surface area contributed by atoms with Gasteiger partial charge in [0.05, 0.1) is 11.0 Å². The van der Waals surface area contributed by atoms with Gasteiger partial charge < -0.3 is 9.73 Å². The van der Waals surface area contributed by atoms with E-state index in [-0.39, 0.29) is 0 Å². The Bertz CT molecular complexity index is 554. The van der Waals surface area contributed by atoms with Crippen molar-refractivity contribution in [3.8, 4) is 0 Å². The monoisotopic (exact) mass is 411 g/mol. The summed E-state index contributed by atoms with van der Waals surface area (Å²) in [6.07, 6.45) is 5.02. The molecular weight excluding hydrogens is 394 g/mol. The molecule has 0 aliphatic heterocycles. The van der Waals surface area contributed by atoms with Crippen LogP contribution in [0.1, 0.15) is 42.9 Å². The number of benzene rings is 1. The summed E-state index contributed by atoms with van der Waals surface area (Å²) in [7, 11) is 0. The molecule has 0 atom stereocenters. The summed E-state index contributed by atoms with van der Waals surface area (Å²) < 4.78 is 7.35. The van der Waals surface area contributed by atoms with Crippen LogP contribution in [0.3, 0.4) is 0 Å². The molecule has 1 heterocycles. The summed E-state index contributed by atoms with van der Waals surface area (Å²) in [6, 6.07) is 13.5. The van der Waals surface area contributed by atoms with Crippen LogP contribution in [0.2, 0.25) is 0 Å². The van der Waals surface area contributed by atoms with Crippen LogP contribution in [0, 0.1) is 0 Å². The Labute approximate surface area is 142 Å². The smallest absolute Gasteiger partial charge is 0.183 e. The Hall–Kier alpha value is -0.580. The molecule has 4 heteroatoms. The molecule has 1 aliphatic carbocycles. The van der Waals surface area contributed by atoms with Crippen molar-refractivity contribution in [2.24, 2.45) is 0 Å². The van der Waals surface area contributed by atoms with E-state index in [4.69, 9.17) is 4.42 Å². The van der Waals surface area contributed by atoms with Crippen LogP contribution in [0.5, 0.6) is 0 Å². The van der Waals surface area contributed by atoms with Crippen LogP contribution in [-0.2, 0) is 6.54 Å². The number of rotatable bonds is 4. The molecule has 0 bridgehead atoms. The van der Waals surface area contributed by atoms with Gasteiger partial charge in [0.2, 0.25) is 0 Å². The number of hydrogen-bond donors (Lipinski definition) is 1. The highest BCUT2D eigenvalue weighted by Crippen LogP contribution is 2.33. The van der Waals surface area contributed by atoms with Gasteiger partial charge in [0.25, 0.3) is 0 Å². The fourth-order valence-electron chi connectivity index (χ4n) is 3.08. The molecule has 21 heavy (non-hydrogen) atoms. The maximum atomic E-state index is 5.60. The molecule has 2 aromatic rings. The molecular formula is C17H19Br2NO. The minimum Gasteiger partial charge on any atom is -0.452 e. The molecule has 0 saturated heterocycles. The van der Waals surface area contributed by atoms with Gasteiger partial charge in [0, 0.05) is 6.04 Å². The fourth-order valence-corrected chi connectivity index (χ4v) is 3.74. The first kappa shape index (κ1) is 15.3. The number of halogens is 2. The second-order valence-electron chi connectivity index (χ2n) is 5.67. The molecule has 1 aromatic carbocycles. The summed E-state index contributed by atoms with van der Waals surface area (Å²) in [5.41, 5.74) is 1.50. The molecule has 3 rings (SSSR count). The highest BCUT2D eigenvalue weighted by atomic mass is 79.9. The van der Waals surface area contributed by atoms with Gasteiger partial charge in [-0.1, -0.05) is 30.3 Å². The number of hydrogen-bond acceptors (Lipinski definition) is 2. The minimum atomic E-state index is 0.604. The van der Waals surface area contributed by atoms with Crippen LogP contribution < -0.4 is 5.32 Å². The van der Waals surface area contributed by atoms with E-state index in [0.717, 1.165) is 27.4 Å². The lowest BCUT2D eigenvalue weighted by Crippen LogP contribution is -2.32. The minimum absolute atomic E-state index is 0.604. The summed E-state index contributed by atoms with van der Waals surface area (Å²) >= 11 is 6.82. The van der Waals surface area contributed by atoms with E-state index in [1.807, 2.05) is 6.07 Å². The SMILES string of the molecule is Brc1cc(CNC2CCC(c3ccccc3)CC2)oc1Br. The summed E-state index contributed by atoms with van der Waals surface area (Å²) in [6.45, 7) is 0.796. The van der Waals surface area contributed by atoms with Gasteiger partial charge >= 0.3 is 0 Å². The van der Waals surface area contributed by atoms with Gasteiger partial charge in [-0.25, -0.2) is 0 Å². The van der Waals surface area contributed by atoms with Gasteiger partial charge in [0.1, 0.15) is 5.76 Å². The van der Waals surface area contributed by atoms with Gasteiger partial charge in [0.15, 0.2) is 4.67 Å². The van der Waals surface area contributed by atoms with Crippen molar-refractivity contribution in [3.63, 3.8) is 0 Å². The van der Waals surface area contributed by atoms with E-state index in [2.05, 4.69) is 67.5 Å². The molecule has 1 aromatic heterocycles. The Kier molecular flexibility index (Phi) is 5.19. The maximum Gasteiger partial charge on any atom is 0.183 e. The summed E-state index contributed by atoms with van der Waals surface area (Å²) in [4.78, 5) is 0. The van der Waals surface area contributed by atoms with Gasteiger partial charge in [-0.15, -0.1) is 0 Å². The van der Waals surface area contributed by atoms with Crippen LogP contribution in [0.4, 0.5) is 0 Å². The third kappa shape index (κ3) is 3.99. The Morgan fingerprint density at radius 1 is 1.05 bits per heavy atom. The zero-order chi connectivity index (χ0) is 14.7. The lowest BCUT2D eigenvalue weighted by Gasteiger charge is -2.29. The van der Waals surface area contributed by atoms with Crippen LogP contribution in [-0.4, -0.2) is 6.04 Å². The molecule has 2 nitrogen and oxygen atoms in total. The standard InChI is InChI=1S/C17H19Br2NO/c18-16-10-15(21-17(16)19)11-20-14-8-6-13(7-9-14)12-4-2-1-3-5-12/h1-5,10,13-14,20H,6-9,11H2. The molecule has 1 fully saturated rings. The van der Waals surface area contributed by atoms with Crippen molar-refractivity contribution >= 4 is 31.9 Å². The predicted octanol–water partition coefficient (Wildman–Crippen LogP) is 5.62. The lowest BCUT2D eigenvalue weighted by molar-refractivity contribution is 0.330. The van der Waals surface area contributed by atoms with Gasteiger partial charge in [-0.05, 0) is 75.1 Å². The van der Waals surface area contributed by atoms with Crippen molar-refractivity contribution in [2.45, 2.75) is 44.2 Å². The number of nitrogens with one attached hydrogen (secondary N) is 1. The zero-order valence-corrected chi connectivity index (χ0v) is 15.0. The summed E-state index contributed by atoms with van der Waals surface area (Å²) in [5.74, 6) is 1.70. The second kappa shape index (κ2) is 7.12. The van der Waals surface area contributed by atoms with E-state index < -0.39 is 0 Å². The predicted molar refractivity (Wildman–Crippen MR) is 92.4 cm³/mol. The molecule has 0 unspecified atom stereocenters. The molecule has 0 amide bonds. The largest absolute Gasteiger partial charge is 0.452 e. The molecule has 1 aliphatic rings. The highest BCUT2D eigenvalue weighted by molar-refractivity contribution is 9.13. The average molecular weight is 413 g/mol. The van der Waals surface area contributed by atoms with Crippen molar-refractivity contribution in [1.29, 1.82) is 0 Å². The second-order valence-corrected chi connectivity index (χ2v) is 7.25. The zero-order valence-electron chi connectivity index (χ0n) is 11.8. The van der Waals surface area contributed by atoms with Crippen molar-refractivity contribution in [3.05, 3.63) is 56.9 Å². The first-order valence-electron chi connectivity index (χ1n) is 7.44. The number of furan rings is 1. The van der Waals surface area contributed by atoms with E-state index in [1.54, 1.807) is 0 Å². The van der Waals surface area contributed by atoms with Crippen LogP contribution in [0.25, 0.3) is 0 Å². The average Bonchev–Trinajstić information content (AvgIpc) is 2.85. The highest BCUT2D eigenvalue weighted by Gasteiger charge is 2.22. The topological polar surface area (TPSA) is 25.2 Å². The van der Waals surface area contributed by atoms with Crippen molar-refractivity contribution < 1.29 is 4.42 Å².